The Bertz CT molecular complexity index is 1500. The largest absolute Gasteiger partial charge is 0.466 e. The SMILES string of the molecule is COC(=O)/C=C/c1cccc(S(=O)(=O)c2ccc(CCN(C[C@H](O)c3cccc(Cl)c3)C(=O)OC(C)(C)C)cc2)c1. The maximum Gasteiger partial charge on any atom is 0.410 e. The second-order valence-corrected chi connectivity index (χ2v) is 12.7. The summed E-state index contributed by atoms with van der Waals surface area (Å²) in [5, 5.41) is 11.3. The molecule has 0 spiro atoms. The van der Waals surface area contributed by atoms with Crippen molar-refractivity contribution in [3.63, 3.8) is 0 Å². The van der Waals surface area contributed by atoms with Gasteiger partial charge >= 0.3 is 12.1 Å². The Morgan fingerprint density at radius 3 is 2.32 bits per heavy atom. The molecule has 0 unspecified atom stereocenters. The zero-order chi connectivity index (χ0) is 30.2. The molecule has 0 heterocycles. The first-order chi connectivity index (χ1) is 19.3. The number of esters is 1. The van der Waals surface area contributed by atoms with Crippen LogP contribution in [0.15, 0.2) is 88.7 Å². The average molecular weight is 600 g/mol. The van der Waals surface area contributed by atoms with Gasteiger partial charge in [0.1, 0.15) is 5.60 Å². The quantitative estimate of drug-likeness (QED) is 0.229. The molecule has 10 heteroatoms. The summed E-state index contributed by atoms with van der Waals surface area (Å²) in [4.78, 5) is 25.9. The van der Waals surface area contributed by atoms with E-state index in [-0.39, 0.29) is 22.9 Å². The molecular weight excluding hydrogens is 566 g/mol. The van der Waals surface area contributed by atoms with E-state index in [0.29, 0.717) is 22.6 Å². The van der Waals surface area contributed by atoms with E-state index < -0.39 is 33.6 Å². The van der Waals surface area contributed by atoms with Crippen LogP contribution in [0.2, 0.25) is 5.02 Å². The summed E-state index contributed by atoms with van der Waals surface area (Å²) in [7, 11) is -2.56. The highest BCUT2D eigenvalue weighted by Gasteiger charge is 2.25. The molecule has 1 N–H and O–H groups in total. The predicted octanol–water partition coefficient (Wildman–Crippen LogP) is 5.87. The van der Waals surface area contributed by atoms with E-state index in [2.05, 4.69) is 4.74 Å². The maximum absolute atomic E-state index is 13.2. The molecule has 1 amide bonds. The van der Waals surface area contributed by atoms with Crippen molar-refractivity contribution in [1.29, 1.82) is 0 Å². The van der Waals surface area contributed by atoms with Gasteiger partial charge in [0.05, 0.1) is 29.5 Å². The second-order valence-electron chi connectivity index (χ2n) is 10.3. The molecule has 41 heavy (non-hydrogen) atoms. The van der Waals surface area contributed by atoms with E-state index in [4.69, 9.17) is 16.3 Å². The monoisotopic (exact) mass is 599 g/mol. The van der Waals surface area contributed by atoms with Gasteiger partial charge in [0.2, 0.25) is 9.84 Å². The van der Waals surface area contributed by atoms with Crippen molar-refractivity contribution in [3.8, 4) is 0 Å². The van der Waals surface area contributed by atoms with E-state index in [9.17, 15) is 23.1 Å². The number of carbonyl (C=O) groups is 2. The molecule has 0 aliphatic rings. The number of sulfone groups is 1. The number of benzene rings is 3. The van der Waals surface area contributed by atoms with Crippen LogP contribution in [0.5, 0.6) is 0 Å². The predicted molar refractivity (Wildman–Crippen MR) is 157 cm³/mol. The standard InChI is InChI=1S/C31H34ClNO7S/c1-31(2,3)40-30(36)33(21-28(34)24-8-6-9-25(32)20-24)18-17-22-11-14-26(15-12-22)41(37,38)27-10-5-7-23(19-27)13-16-29(35)39-4/h5-16,19-20,28,34H,17-18,21H2,1-4H3/b16-13+/t28-/m0/s1. The highest BCUT2D eigenvalue weighted by molar-refractivity contribution is 7.91. The summed E-state index contributed by atoms with van der Waals surface area (Å²) >= 11 is 6.06. The molecule has 0 fully saturated rings. The van der Waals surface area contributed by atoms with E-state index in [0.717, 1.165) is 5.56 Å². The lowest BCUT2D eigenvalue weighted by Gasteiger charge is -2.29. The number of nitrogens with zero attached hydrogens (tertiary/aromatic N) is 1. The van der Waals surface area contributed by atoms with Crippen molar-refractivity contribution in [2.45, 2.75) is 48.7 Å². The number of aliphatic hydroxyl groups is 1. The smallest absolute Gasteiger partial charge is 0.410 e. The van der Waals surface area contributed by atoms with Crippen LogP contribution in [-0.4, -0.2) is 56.3 Å². The molecule has 0 saturated heterocycles. The number of aliphatic hydroxyl groups excluding tert-OH is 1. The number of hydrogen-bond donors (Lipinski definition) is 1. The van der Waals surface area contributed by atoms with Gasteiger partial charge in [-0.15, -0.1) is 0 Å². The van der Waals surface area contributed by atoms with Gasteiger partial charge in [-0.3, -0.25) is 0 Å². The molecule has 8 nitrogen and oxygen atoms in total. The molecule has 3 rings (SSSR count). The normalized spacial score (nSPS) is 12.6. The zero-order valence-electron chi connectivity index (χ0n) is 23.4. The van der Waals surface area contributed by atoms with Crippen LogP contribution in [0.3, 0.4) is 0 Å². The first-order valence-corrected chi connectivity index (χ1v) is 14.8. The first-order valence-electron chi connectivity index (χ1n) is 12.9. The highest BCUT2D eigenvalue weighted by Crippen LogP contribution is 2.24. The van der Waals surface area contributed by atoms with Crippen molar-refractivity contribution in [2.75, 3.05) is 20.2 Å². The first kappa shape index (κ1) is 31.9. The van der Waals surface area contributed by atoms with Crippen molar-refractivity contribution in [2.24, 2.45) is 0 Å². The topological polar surface area (TPSA) is 110 Å². The number of methoxy groups -OCH3 is 1. The minimum Gasteiger partial charge on any atom is -0.466 e. The van der Waals surface area contributed by atoms with Crippen molar-refractivity contribution < 1.29 is 32.6 Å². The van der Waals surface area contributed by atoms with Gasteiger partial charge in [-0.25, -0.2) is 18.0 Å². The molecule has 0 radical (unpaired) electrons. The van der Waals surface area contributed by atoms with Gasteiger partial charge in [0.15, 0.2) is 0 Å². The van der Waals surface area contributed by atoms with E-state index >= 15 is 0 Å². The molecule has 218 valence electrons. The van der Waals surface area contributed by atoms with Gasteiger partial charge in [0, 0.05) is 17.6 Å². The zero-order valence-corrected chi connectivity index (χ0v) is 25.0. The Morgan fingerprint density at radius 2 is 1.68 bits per heavy atom. The number of carbonyl (C=O) groups excluding carboxylic acids is 2. The fraction of sp³-hybridized carbons (Fsp3) is 0.290. The molecule has 3 aromatic carbocycles. The lowest BCUT2D eigenvalue weighted by Crippen LogP contribution is -2.40. The summed E-state index contributed by atoms with van der Waals surface area (Å²) in [5.74, 6) is -0.543. The lowest BCUT2D eigenvalue weighted by atomic mass is 10.1. The number of ether oxygens (including phenoxy) is 2. The fourth-order valence-electron chi connectivity index (χ4n) is 3.86. The molecule has 1 atom stereocenters. The van der Waals surface area contributed by atoms with Gasteiger partial charge in [0.25, 0.3) is 0 Å². The van der Waals surface area contributed by atoms with Crippen LogP contribution in [0, 0.1) is 0 Å². The average Bonchev–Trinajstić information content (AvgIpc) is 2.93. The second kappa shape index (κ2) is 13.8. The summed E-state index contributed by atoms with van der Waals surface area (Å²) in [6.45, 7) is 5.51. The van der Waals surface area contributed by atoms with E-state index in [1.165, 1.54) is 48.4 Å². The molecule has 0 aliphatic heterocycles. The van der Waals surface area contributed by atoms with Crippen LogP contribution < -0.4 is 0 Å². The number of rotatable bonds is 10. The summed E-state index contributed by atoms with van der Waals surface area (Å²) < 4.78 is 36.6. The lowest BCUT2D eigenvalue weighted by molar-refractivity contribution is -0.134. The van der Waals surface area contributed by atoms with Gasteiger partial charge < -0.3 is 19.5 Å². The summed E-state index contributed by atoms with van der Waals surface area (Å²) in [6, 6.07) is 19.5. The third-order valence-electron chi connectivity index (χ3n) is 5.96. The Morgan fingerprint density at radius 1 is 1.00 bits per heavy atom. The van der Waals surface area contributed by atoms with Crippen molar-refractivity contribution in [3.05, 3.63) is 101 Å². The molecule has 0 saturated carbocycles. The Hall–Kier alpha value is -3.66. The number of halogens is 1. The summed E-state index contributed by atoms with van der Waals surface area (Å²) in [5.41, 5.74) is 1.18. The molecular formula is C31H34ClNO7S. The Labute approximate surface area is 246 Å². The Kier molecular flexibility index (Phi) is 10.7. The minimum absolute atomic E-state index is 0.0114. The van der Waals surface area contributed by atoms with Crippen LogP contribution in [0.4, 0.5) is 4.79 Å². The third kappa shape index (κ3) is 9.45. The van der Waals surface area contributed by atoms with Crippen molar-refractivity contribution in [1.82, 2.24) is 4.90 Å². The van der Waals surface area contributed by atoms with Crippen molar-refractivity contribution >= 4 is 39.6 Å². The van der Waals surface area contributed by atoms with Gasteiger partial charge in [-0.1, -0.05) is 48.0 Å². The van der Waals surface area contributed by atoms with E-state index in [1.807, 2.05) is 0 Å². The minimum atomic E-state index is -3.82. The van der Waals surface area contributed by atoms with Crippen LogP contribution in [0.25, 0.3) is 6.08 Å². The molecule has 3 aromatic rings. The van der Waals surface area contributed by atoms with Gasteiger partial charge in [-0.05, 0) is 86.4 Å². The fourth-order valence-corrected chi connectivity index (χ4v) is 5.38. The van der Waals surface area contributed by atoms with Crippen LogP contribution in [0.1, 0.15) is 43.6 Å². The van der Waals surface area contributed by atoms with Crippen LogP contribution >= 0.6 is 11.6 Å². The van der Waals surface area contributed by atoms with Gasteiger partial charge in [-0.2, -0.15) is 0 Å². The third-order valence-corrected chi connectivity index (χ3v) is 7.97. The maximum atomic E-state index is 13.2. The number of hydrogen-bond acceptors (Lipinski definition) is 7. The summed E-state index contributed by atoms with van der Waals surface area (Å²) in [6.07, 6.45) is 1.55. The Balaban J connectivity index is 1.74. The molecule has 0 bridgehead atoms. The van der Waals surface area contributed by atoms with E-state index in [1.54, 1.807) is 69.3 Å². The molecule has 0 aliphatic carbocycles. The number of amides is 1. The van der Waals surface area contributed by atoms with Crippen LogP contribution in [-0.2, 0) is 30.5 Å². The molecule has 0 aromatic heterocycles. The highest BCUT2D eigenvalue weighted by atomic mass is 35.5.